The van der Waals surface area contributed by atoms with Crippen LogP contribution in [0, 0.1) is 0 Å². The zero-order valence-electron chi connectivity index (χ0n) is 11.4. The van der Waals surface area contributed by atoms with Crippen LogP contribution in [0.15, 0.2) is 66.1 Å². The summed E-state index contributed by atoms with van der Waals surface area (Å²) < 4.78 is 2.06. The standard InChI is InChI=1S/C16H16N4O/c17-16(19-21)10-15(12-6-2-1-3-7-12)20-11-18-13-8-4-5-9-14(13)20/h1-9,11,15,21H,10H2,(H2,17,19). The van der Waals surface area contributed by atoms with Gasteiger partial charge in [-0.2, -0.15) is 0 Å². The number of nitrogens with two attached hydrogens (primary N) is 1. The quantitative estimate of drug-likeness (QED) is 0.334. The lowest BCUT2D eigenvalue weighted by molar-refractivity contribution is 0.316. The summed E-state index contributed by atoms with van der Waals surface area (Å²) in [7, 11) is 0. The third kappa shape index (κ3) is 2.58. The van der Waals surface area contributed by atoms with Gasteiger partial charge in [-0.15, -0.1) is 0 Å². The molecule has 0 radical (unpaired) electrons. The van der Waals surface area contributed by atoms with E-state index in [0.29, 0.717) is 6.42 Å². The second-order valence-corrected chi connectivity index (χ2v) is 4.86. The van der Waals surface area contributed by atoms with Crippen LogP contribution >= 0.6 is 0 Å². The van der Waals surface area contributed by atoms with Crippen molar-refractivity contribution in [2.24, 2.45) is 10.9 Å². The maximum absolute atomic E-state index is 8.88. The number of para-hydroxylation sites is 2. The predicted octanol–water partition coefficient (Wildman–Crippen LogP) is 2.76. The van der Waals surface area contributed by atoms with Crippen LogP contribution in [0.2, 0.25) is 0 Å². The molecule has 3 aromatic rings. The molecule has 5 heteroatoms. The minimum atomic E-state index is -0.0606. The molecule has 0 saturated carbocycles. The summed E-state index contributed by atoms with van der Waals surface area (Å²) in [4.78, 5) is 4.42. The first-order chi connectivity index (χ1) is 10.3. The summed E-state index contributed by atoms with van der Waals surface area (Å²) in [6.45, 7) is 0. The molecule has 3 rings (SSSR count). The fourth-order valence-corrected chi connectivity index (χ4v) is 2.52. The van der Waals surface area contributed by atoms with E-state index in [1.807, 2.05) is 54.6 Å². The summed E-state index contributed by atoms with van der Waals surface area (Å²) in [6, 6.07) is 17.9. The number of rotatable bonds is 4. The molecular formula is C16H16N4O. The van der Waals surface area contributed by atoms with Crippen molar-refractivity contribution in [2.75, 3.05) is 0 Å². The molecule has 0 aliphatic rings. The van der Waals surface area contributed by atoms with Crippen molar-refractivity contribution < 1.29 is 5.21 Å². The Morgan fingerprint density at radius 1 is 1.14 bits per heavy atom. The van der Waals surface area contributed by atoms with Gasteiger partial charge in [0, 0.05) is 6.42 Å². The van der Waals surface area contributed by atoms with Gasteiger partial charge in [0.05, 0.1) is 23.4 Å². The molecule has 1 atom stereocenters. The van der Waals surface area contributed by atoms with Crippen molar-refractivity contribution in [1.29, 1.82) is 0 Å². The summed E-state index contributed by atoms with van der Waals surface area (Å²) in [5.41, 5.74) is 8.77. The lowest BCUT2D eigenvalue weighted by Crippen LogP contribution is -2.20. The number of hydrogen-bond donors (Lipinski definition) is 2. The van der Waals surface area contributed by atoms with Gasteiger partial charge < -0.3 is 15.5 Å². The lowest BCUT2D eigenvalue weighted by atomic mass is 10.0. The second-order valence-electron chi connectivity index (χ2n) is 4.86. The Hall–Kier alpha value is -2.82. The molecule has 0 saturated heterocycles. The van der Waals surface area contributed by atoms with Crippen LogP contribution in [0.4, 0.5) is 0 Å². The number of amidine groups is 1. The van der Waals surface area contributed by atoms with E-state index in [2.05, 4.69) is 14.7 Å². The average Bonchev–Trinajstić information content (AvgIpc) is 2.97. The molecule has 1 heterocycles. The van der Waals surface area contributed by atoms with Crippen LogP contribution < -0.4 is 5.73 Å². The third-order valence-corrected chi connectivity index (χ3v) is 3.53. The van der Waals surface area contributed by atoms with Gasteiger partial charge in [0.1, 0.15) is 5.84 Å². The summed E-state index contributed by atoms with van der Waals surface area (Å²) in [6.07, 6.45) is 2.22. The van der Waals surface area contributed by atoms with Crippen LogP contribution in [0.25, 0.3) is 11.0 Å². The summed E-state index contributed by atoms with van der Waals surface area (Å²) in [5.74, 6) is 0.196. The van der Waals surface area contributed by atoms with E-state index < -0.39 is 0 Å². The van der Waals surface area contributed by atoms with Crippen molar-refractivity contribution in [3.8, 4) is 0 Å². The summed E-state index contributed by atoms with van der Waals surface area (Å²) in [5, 5.41) is 12.0. The van der Waals surface area contributed by atoms with Gasteiger partial charge in [0.15, 0.2) is 0 Å². The number of fused-ring (bicyclic) bond motifs is 1. The average molecular weight is 280 g/mol. The predicted molar refractivity (Wildman–Crippen MR) is 82.3 cm³/mol. The Bertz CT molecular complexity index is 764. The molecule has 21 heavy (non-hydrogen) atoms. The van der Waals surface area contributed by atoms with Crippen LogP contribution in [0.5, 0.6) is 0 Å². The molecule has 0 bridgehead atoms. The highest BCUT2D eigenvalue weighted by molar-refractivity contribution is 5.81. The normalized spacial score (nSPS) is 13.4. The van der Waals surface area contributed by atoms with E-state index in [1.54, 1.807) is 6.33 Å². The zero-order valence-corrected chi connectivity index (χ0v) is 11.4. The number of hydrogen-bond acceptors (Lipinski definition) is 3. The first-order valence-corrected chi connectivity index (χ1v) is 6.72. The van der Waals surface area contributed by atoms with E-state index in [-0.39, 0.29) is 11.9 Å². The molecule has 1 unspecified atom stereocenters. The highest BCUT2D eigenvalue weighted by Gasteiger charge is 2.17. The number of oxime groups is 1. The Morgan fingerprint density at radius 3 is 2.62 bits per heavy atom. The van der Waals surface area contributed by atoms with Crippen molar-refractivity contribution in [3.05, 3.63) is 66.5 Å². The SMILES string of the molecule is NC(CC(c1ccccc1)n1cnc2ccccc21)=NO. The number of benzene rings is 2. The molecule has 2 aromatic carbocycles. The Morgan fingerprint density at radius 2 is 1.86 bits per heavy atom. The van der Waals surface area contributed by atoms with Crippen molar-refractivity contribution >= 4 is 16.9 Å². The molecule has 0 fully saturated rings. The third-order valence-electron chi connectivity index (χ3n) is 3.53. The zero-order chi connectivity index (χ0) is 14.7. The minimum Gasteiger partial charge on any atom is -0.409 e. The molecule has 0 aliphatic carbocycles. The molecule has 0 spiro atoms. The van der Waals surface area contributed by atoms with Gasteiger partial charge >= 0.3 is 0 Å². The van der Waals surface area contributed by atoms with Gasteiger partial charge in [-0.25, -0.2) is 4.98 Å². The first-order valence-electron chi connectivity index (χ1n) is 6.72. The molecule has 0 aliphatic heterocycles. The second kappa shape index (κ2) is 5.66. The monoisotopic (exact) mass is 280 g/mol. The van der Waals surface area contributed by atoms with E-state index in [4.69, 9.17) is 10.9 Å². The Kier molecular flexibility index (Phi) is 3.55. The number of imidazole rings is 1. The van der Waals surface area contributed by atoms with Crippen molar-refractivity contribution in [2.45, 2.75) is 12.5 Å². The van der Waals surface area contributed by atoms with Gasteiger partial charge in [-0.1, -0.05) is 47.6 Å². The number of nitrogens with zero attached hydrogens (tertiary/aromatic N) is 3. The van der Waals surface area contributed by atoms with Crippen molar-refractivity contribution in [3.63, 3.8) is 0 Å². The van der Waals surface area contributed by atoms with Gasteiger partial charge in [-0.3, -0.25) is 0 Å². The van der Waals surface area contributed by atoms with E-state index in [1.165, 1.54) is 0 Å². The van der Waals surface area contributed by atoms with Crippen LogP contribution in [0.1, 0.15) is 18.0 Å². The van der Waals surface area contributed by atoms with Crippen LogP contribution in [0.3, 0.4) is 0 Å². The highest BCUT2D eigenvalue weighted by Crippen LogP contribution is 2.26. The molecule has 106 valence electrons. The van der Waals surface area contributed by atoms with Gasteiger partial charge in [0.2, 0.25) is 0 Å². The maximum atomic E-state index is 8.88. The minimum absolute atomic E-state index is 0.0606. The molecule has 5 nitrogen and oxygen atoms in total. The summed E-state index contributed by atoms with van der Waals surface area (Å²) >= 11 is 0. The number of aromatic nitrogens is 2. The Balaban J connectivity index is 2.11. The topological polar surface area (TPSA) is 76.4 Å². The molecule has 0 amide bonds. The van der Waals surface area contributed by atoms with Crippen LogP contribution in [-0.2, 0) is 0 Å². The Labute approximate surface area is 122 Å². The van der Waals surface area contributed by atoms with Crippen molar-refractivity contribution in [1.82, 2.24) is 9.55 Å². The molecule has 3 N–H and O–H groups in total. The molecular weight excluding hydrogens is 264 g/mol. The van der Waals surface area contributed by atoms with Gasteiger partial charge in [-0.05, 0) is 17.7 Å². The van der Waals surface area contributed by atoms with Crippen LogP contribution in [-0.4, -0.2) is 20.6 Å². The first kappa shape index (κ1) is 13.2. The van der Waals surface area contributed by atoms with E-state index >= 15 is 0 Å². The molecule has 1 aromatic heterocycles. The lowest BCUT2D eigenvalue weighted by Gasteiger charge is -2.19. The smallest absolute Gasteiger partial charge is 0.141 e. The van der Waals surface area contributed by atoms with Gasteiger partial charge in [0.25, 0.3) is 0 Å². The fourth-order valence-electron chi connectivity index (χ4n) is 2.52. The fraction of sp³-hybridized carbons (Fsp3) is 0.125. The van der Waals surface area contributed by atoms with E-state index in [9.17, 15) is 0 Å². The highest BCUT2D eigenvalue weighted by atomic mass is 16.4. The largest absolute Gasteiger partial charge is 0.409 e. The maximum Gasteiger partial charge on any atom is 0.141 e. The van der Waals surface area contributed by atoms with E-state index in [0.717, 1.165) is 16.6 Å².